The Balaban J connectivity index is 0.000000338. The molecular formula is C59H80F2N2O14. The van der Waals surface area contributed by atoms with E-state index in [-0.39, 0.29) is 32.3 Å². The Hall–Kier alpha value is -6.40. The fourth-order valence-electron chi connectivity index (χ4n) is 8.24. The maximum atomic E-state index is 14.8. The minimum Gasteiger partial charge on any atom is -0.478 e. The molecule has 2 aliphatic heterocycles. The Kier molecular flexibility index (Phi) is 23.2. The van der Waals surface area contributed by atoms with Crippen molar-refractivity contribution in [3.8, 4) is 0 Å². The van der Waals surface area contributed by atoms with E-state index in [4.69, 9.17) is 33.2 Å². The quantitative estimate of drug-likeness (QED) is 0.0829. The molecule has 5 rings (SSSR count). The van der Waals surface area contributed by atoms with Crippen molar-refractivity contribution >= 4 is 41.6 Å². The number of carboxylic acid groups (broad SMARTS) is 1. The van der Waals surface area contributed by atoms with Crippen molar-refractivity contribution in [2.45, 2.75) is 174 Å². The number of halogens is 2. The van der Waals surface area contributed by atoms with Gasteiger partial charge in [-0.3, -0.25) is 9.80 Å². The zero-order valence-corrected chi connectivity index (χ0v) is 46.9. The maximum Gasteiger partial charge on any atom is 0.410 e. The van der Waals surface area contributed by atoms with Crippen LogP contribution < -0.4 is 0 Å². The molecule has 2 heterocycles. The summed E-state index contributed by atoms with van der Waals surface area (Å²) in [4.78, 5) is 78.9. The minimum atomic E-state index is -1.82. The molecule has 0 saturated carbocycles. The second kappa shape index (κ2) is 28.3. The van der Waals surface area contributed by atoms with E-state index >= 15 is 0 Å². The predicted octanol–water partition coefficient (Wildman–Crippen LogP) is 10.6. The van der Waals surface area contributed by atoms with Crippen LogP contribution in [0, 0.1) is 0 Å². The number of alkyl halides is 2. The number of carbonyl (C=O) groups is 6. The summed E-state index contributed by atoms with van der Waals surface area (Å²) < 4.78 is 67.3. The number of ether oxygens (including phenoxy) is 7. The lowest BCUT2D eigenvalue weighted by Gasteiger charge is -2.32. The van der Waals surface area contributed by atoms with Crippen LogP contribution in [0.15, 0.2) is 84.9 Å². The number of esters is 3. The van der Waals surface area contributed by atoms with E-state index in [9.17, 15) is 42.7 Å². The zero-order valence-electron chi connectivity index (χ0n) is 46.9. The summed E-state index contributed by atoms with van der Waals surface area (Å²) in [5, 5.41) is 9.69. The number of likely N-dealkylation sites (N-methyl/N-ethyl adjacent to an activating group) is 2. The molecule has 3 aromatic carbocycles. The summed E-state index contributed by atoms with van der Waals surface area (Å²) in [6.45, 7) is 17.9. The van der Waals surface area contributed by atoms with Crippen molar-refractivity contribution < 1.29 is 75.8 Å². The highest BCUT2D eigenvalue weighted by molar-refractivity contribution is 5.86. The van der Waals surface area contributed by atoms with Gasteiger partial charge in [0.05, 0.1) is 13.2 Å². The smallest absolute Gasteiger partial charge is 0.410 e. The second-order valence-corrected chi connectivity index (χ2v) is 22.6. The highest BCUT2D eigenvalue weighted by Crippen LogP contribution is 2.29. The first-order chi connectivity index (χ1) is 35.9. The Labute approximate surface area is 452 Å². The number of carboxylic acids is 1. The van der Waals surface area contributed by atoms with Crippen molar-refractivity contribution in [3.63, 3.8) is 0 Å². The van der Waals surface area contributed by atoms with Crippen LogP contribution in [0.5, 0.6) is 0 Å². The standard InChI is InChI=1S/C33H42FNO7.C26H38FNO7/c1-32(2,3)42-31(38)35(6)27(21-33(4,5)34)29(36)41-28(30(37)40-22-24-10-8-7-9-11-24)20-23-12-14-25(15-13-23)26-16-18-39-19-17-26;1-25(2,3)35-24(32)28(6)20(16-26(4,5)27)23(31)34-21(22(29)30)15-17-7-9-18(10-8-17)19-11-13-33-14-12-19/h7-16,27-28H,17-22H2,1-6H3;7-10,19-21H,11-16H2,1-6H3,(H,29,30)/t27-,28+;20-,21+/m00/s1. The normalized spacial score (nSPS) is 15.9. The number of nitrogens with zero attached hydrogens (tertiary/aromatic N) is 2. The number of benzene rings is 3. The average Bonchev–Trinajstić information content (AvgIpc) is 3.35. The summed E-state index contributed by atoms with van der Waals surface area (Å²) >= 11 is 0. The Morgan fingerprint density at radius 2 is 1.08 bits per heavy atom. The van der Waals surface area contributed by atoms with Gasteiger partial charge in [-0.25, -0.2) is 37.5 Å². The van der Waals surface area contributed by atoms with Crippen molar-refractivity contribution in [1.29, 1.82) is 0 Å². The van der Waals surface area contributed by atoms with Crippen molar-refractivity contribution in [3.05, 3.63) is 113 Å². The second-order valence-electron chi connectivity index (χ2n) is 22.6. The third-order valence-corrected chi connectivity index (χ3v) is 12.3. The van der Waals surface area contributed by atoms with Crippen LogP contribution in [0.3, 0.4) is 0 Å². The molecule has 2 amide bonds. The van der Waals surface area contributed by atoms with Gasteiger partial charge in [0.1, 0.15) is 41.2 Å². The lowest BCUT2D eigenvalue weighted by atomic mass is 9.91. The maximum absolute atomic E-state index is 14.8. The van der Waals surface area contributed by atoms with Crippen LogP contribution in [0.25, 0.3) is 5.57 Å². The SMILES string of the molecule is CN(C(=O)OC(C)(C)C)[C@@H](CC(C)(C)F)C(=O)O[C@H](Cc1ccc(C2=CCOCC2)cc1)C(=O)OCc1ccccc1.CN(C(=O)OC(C)(C)C)[C@@H](CC(C)(C)F)C(=O)O[C@H](Cc1ccc(C2CCOCC2)cc1)C(=O)O. The first-order valence-electron chi connectivity index (χ1n) is 26.0. The molecule has 0 radical (unpaired) electrons. The molecule has 0 aromatic heterocycles. The highest BCUT2D eigenvalue weighted by atomic mass is 19.1. The van der Waals surface area contributed by atoms with Gasteiger partial charge >= 0.3 is 36.1 Å². The predicted molar refractivity (Wildman–Crippen MR) is 285 cm³/mol. The van der Waals surface area contributed by atoms with Gasteiger partial charge < -0.3 is 38.3 Å². The van der Waals surface area contributed by atoms with Gasteiger partial charge in [-0.1, -0.05) is 84.9 Å². The summed E-state index contributed by atoms with van der Waals surface area (Å²) in [5.41, 5.74) is 0.278. The first kappa shape index (κ1) is 63.1. The van der Waals surface area contributed by atoms with E-state index < -0.39 is 82.9 Å². The molecule has 77 heavy (non-hydrogen) atoms. The van der Waals surface area contributed by atoms with Crippen LogP contribution >= 0.6 is 0 Å². The zero-order chi connectivity index (χ0) is 57.3. The Bertz CT molecular complexity index is 2430. The molecule has 0 bridgehead atoms. The molecule has 424 valence electrons. The van der Waals surface area contributed by atoms with Gasteiger partial charge in [0.25, 0.3) is 0 Å². The van der Waals surface area contributed by atoms with Gasteiger partial charge in [0, 0.05) is 53.0 Å². The van der Waals surface area contributed by atoms with Crippen LogP contribution in [-0.2, 0) is 71.8 Å². The lowest BCUT2D eigenvalue weighted by molar-refractivity contribution is -0.172. The fourth-order valence-corrected chi connectivity index (χ4v) is 8.24. The monoisotopic (exact) mass is 1080 g/mol. The molecule has 0 unspecified atom stereocenters. The van der Waals surface area contributed by atoms with Crippen LogP contribution in [0.2, 0.25) is 0 Å². The van der Waals surface area contributed by atoms with E-state index in [0.29, 0.717) is 24.7 Å². The molecule has 2 aliphatic rings. The van der Waals surface area contributed by atoms with E-state index in [0.717, 1.165) is 64.5 Å². The van der Waals surface area contributed by atoms with Crippen molar-refractivity contribution in [2.75, 3.05) is 40.5 Å². The van der Waals surface area contributed by atoms with E-state index in [1.54, 1.807) is 41.5 Å². The fraction of sp³-hybridized carbons (Fsp3) is 0.559. The topological polar surface area (TPSA) is 194 Å². The van der Waals surface area contributed by atoms with Crippen LogP contribution in [0.4, 0.5) is 18.4 Å². The minimum absolute atomic E-state index is 0.0123. The van der Waals surface area contributed by atoms with E-state index in [1.165, 1.54) is 47.4 Å². The van der Waals surface area contributed by atoms with Gasteiger partial charge in [-0.2, -0.15) is 0 Å². The van der Waals surface area contributed by atoms with E-state index in [1.807, 2.05) is 84.9 Å². The largest absolute Gasteiger partial charge is 0.478 e. The third kappa shape index (κ3) is 22.6. The number of hydrogen-bond acceptors (Lipinski definition) is 13. The average molecular weight is 1080 g/mol. The van der Waals surface area contributed by atoms with Gasteiger partial charge in [-0.05, 0) is 128 Å². The van der Waals surface area contributed by atoms with Gasteiger partial charge in [-0.15, -0.1) is 0 Å². The summed E-state index contributed by atoms with van der Waals surface area (Å²) in [5.74, 6) is -3.61. The summed E-state index contributed by atoms with van der Waals surface area (Å²) in [6.07, 6.45) is -0.511. The summed E-state index contributed by atoms with van der Waals surface area (Å²) in [7, 11) is 2.65. The van der Waals surface area contributed by atoms with Gasteiger partial charge in [0.15, 0.2) is 0 Å². The van der Waals surface area contributed by atoms with Crippen LogP contribution in [-0.4, -0.2) is 138 Å². The van der Waals surface area contributed by atoms with Crippen molar-refractivity contribution in [2.24, 2.45) is 0 Å². The molecule has 1 N–H and O–H groups in total. The molecule has 0 spiro atoms. The molecule has 4 atom stereocenters. The molecule has 18 heteroatoms. The molecule has 1 fully saturated rings. The Morgan fingerprint density at radius 1 is 0.610 bits per heavy atom. The Morgan fingerprint density at radius 3 is 1.52 bits per heavy atom. The van der Waals surface area contributed by atoms with Crippen LogP contribution in [0.1, 0.15) is 135 Å². The lowest BCUT2D eigenvalue weighted by Crippen LogP contribution is -2.49. The molecular weight excluding hydrogens is 999 g/mol. The number of aliphatic carboxylic acids is 1. The molecule has 0 aliphatic carbocycles. The number of rotatable bonds is 20. The summed E-state index contributed by atoms with van der Waals surface area (Å²) in [6, 6.07) is 21.6. The molecule has 1 saturated heterocycles. The number of amides is 2. The first-order valence-corrected chi connectivity index (χ1v) is 26.0. The molecule has 3 aromatic rings. The number of hydrogen-bond donors (Lipinski definition) is 1. The third-order valence-electron chi connectivity index (χ3n) is 12.3. The highest BCUT2D eigenvalue weighted by Gasteiger charge is 2.40. The van der Waals surface area contributed by atoms with E-state index in [2.05, 4.69) is 0 Å². The van der Waals surface area contributed by atoms with Crippen molar-refractivity contribution in [1.82, 2.24) is 9.80 Å². The molecule has 16 nitrogen and oxygen atoms in total. The number of carbonyl (C=O) groups excluding carboxylic acids is 5. The van der Waals surface area contributed by atoms with Gasteiger partial charge in [0.2, 0.25) is 12.2 Å².